The van der Waals surface area contributed by atoms with Crippen LogP contribution in [0.3, 0.4) is 0 Å². The van der Waals surface area contributed by atoms with Crippen LogP contribution in [0.15, 0.2) is 12.1 Å². The lowest BCUT2D eigenvalue weighted by molar-refractivity contribution is 0.263. The first kappa shape index (κ1) is 14.2. The van der Waals surface area contributed by atoms with Crippen LogP contribution in [0.25, 0.3) is 11.0 Å². The molecule has 0 aliphatic carbocycles. The Morgan fingerprint density at radius 3 is 2.74 bits per heavy atom. The number of hydrogen-bond acceptors (Lipinski definition) is 2. The molecule has 1 aromatic heterocycles. The highest BCUT2D eigenvalue weighted by molar-refractivity contribution is 7.71. The Morgan fingerprint density at radius 2 is 2.11 bits per heavy atom. The number of aromatic nitrogens is 2. The van der Waals surface area contributed by atoms with E-state index in [-0.39, 0.29) is 5.82 Å². The molecule has 0 unspecified atom stereocenters. The first-order chi connectivity index (χ1) is 8.90. The molecule has 0 atom stereocenters. The van der Waals surface area contributed by atoms with Crippen molar-refractivity contribution in [1.82, 2.24) is 14.5 Å². The van der Waals surface area contributed by atoms with Crippen molar-refractivity contribution in [3.8, 4) is 0 Å². The minimum absolute atomic E-state index is 0.199. The zero-order chi connectivity index (χ0) is 14.2. The van der Waals surface area contributed by atoms with Crippen molar-refractivity contribution in [3.63, 3.8) is 0 Å². The second kappa shape index (κ2) is 5.43. The van der Waals surface area contributed by atoms with Gasteiger partial charge in [-0.1, -0.05) is 0 Å². The second-order valence-corrected chi connectivity index (χ2v) is 5.66. The molecular formula is C14H20FN3S. The third-order valence-corrected chi connectivity index (χ3v) is 3.93. The molecule has 0 radical (unpaired) electrons. The van der Waals surface area contributed by atoms with Crippen LogP contribution in [0.4, 0.5) is 4.39 Å². The maximum Gasteiger partial charge on any atom is 0.178 e. The summed E-state index contributed by atoms with van der Waals surface area (Å²) in [7, 11) is 2.09. The third kappa shape index (κ3) is 2.87. The molecule has 0 bridgehead atoms. The van der Waals surface area contributed by atoms with E-state index in [2.05, 4.69) is 30.8 Å². The Morgan fingerprint density at radius 1 is 1.42 bits per heavy atom. The molecule has 5 heteroatoms. The van der Waals surface area contributed by atoms with Crippen molar-refractivity contribution in [1.29, 1.82) is 0 Å². The van der Waals surface area contributed by atoms with Crippen LogP contribution in [0.1, 0.15) is 19.4 Å². The average Bonchev–Trinajstić information content (AvgIpc) is 2.62. The molecule has 0 amide bonds. The summed E-state index contributed by atoms with van der Waals surface area (Å²) in [6, 6.07) is 3.87. The highest BCUT2D eigenvalue weighted by Gasteiger charge is 2.09. The largest absolute Gasteiger partial charge is 0.330 e. The zero-order valence-electron chi connectivity index (χ0n) is 11.8. The fourth-order valence-corrected chi connectivity index (χ4v) is 2.32. The quantitative estimate of drug-likeness (QED) is 0.867. The van der Waals surface area contributed by atoms with Crippen molar-refractivity contribution in [2.45, 2.75) is 33.4 Å². The SMILES string of the molecule is Cc1cc2c(cc1F)[nH]c(=S)n2CCN(C)C(C)C. The van der Waals surface area contributed by atoms with E-state index in [1.54, 1.807) is 6.92 Å². The number of fused-ring (bicyclic) bond motifs is 1. The fraction of sp³-hybridized carbons (Fsp3) is 0.500. The van der Waals surface area contributed by atoms with E-state index in [9.17, 15) is 4.39 Å². The average molecular weight is 281 g/mol. The fourth-order valence-electron chi connectivity index (χ4n) is 2.02. The Labute approximate surface area is 118 Å². The molecule has 0 saturated heterocycles. The van der Waals surface area contributed by atoms with Gasteiger partial charge in [0.15, 0.2) is 4.77 Å². The van der Waals surface area contributed by atoms with Crippen molar-refractivity contribution in [2.24, 2.45) is 0 Å². The van der Waals surface area contributed by atoms with Gasteiger partial charge in [-0.05, 0) is 57.7 Å². The molecule has 1 aromatic carbocycles. The van der Waals surface area contributed by atoms with Gasteiger partial charge in [0.2, 0.25) is 0 Å². The van der Waals surface area contributed by atoms with Gasteiger partial charge in [0.25, 0.3) is 0 Å². The van der Waals surface area contributed by atoms with Gasteiger partial charge in [0.1, 0.15) is 5.82 Å². The van der Waals surface area contributed by atoms with E-state index in [4.69, 9.17) is 12.2 Å². The molecule has 19 heavy (non-hydrogen) atoms. The van der Waals surface area contributed by atoms with E-state index >= 15 is 0 Å². The molecule has 2 aromatic rings. The zero-order valence-corrected chi connectivity index (χ0v) is 12.6. The molecule has 2 rings (SSSR count). The van der Waals surface area contributed by atoms with Crippen LogP contribution in [-0.4, -0.2) is 34.1 Å². The summed E-state index contributed by atoms with van der Waals surface area (Å²) < 4.78 is 16.2. The predicted octanol–water partition coefficient (Wildman–Crippen LogP) is 3.49. The molecule has 0 aliphatic heterocycles. The minimum atomic E-state index is -0.199. The maximum absolute atomic E-state index is 13.5. The number of likely N-dealkylation sites (N-methyl/N-ethyl adjacent to an activating group) is 1. The topological polar surface area (TPSA) is 24.0 Å². The molecule has 0 saturated carbocycles. The minimum Gasteiger partial charge on any atom is -0.330 e. The molecule has 3 nitrogen and oxygen atoms in total. The normalized spacial score (nSPS) is 11.9. The highest BCUT2D eigenvalue weighted by Crippen LogP contribution is 2.19. The molecule has 0 aliphatic rings. The number of hydrogen-bond donors (Lipinski definition) is 1. The summed E-state index contributed by atoms with van der Waals surface area (Å²) in [6.07, 6.45) is 0. The molecular weight excluding hydrogens is 261 g/mol. The van der Waals surface area contributed by atoms with Crippen molar-refractivity contribution < 1.29 is 4.39 Å². The predicted molar refractivity (Wildman–Crippen MR) is 79.6 cm³/mol. The lowest BCUT2D eigenvalue weighted by Crippen LogP contribution is -2.29. The third-order valence-electron chi connectivity index (χ3n) is 3.61. The van der Waals surface area contributed by atoms with Crippen LogP contribution < -0.4 is 0 Å². The second-order valence-electron chi connectivity index (χ2n) is 5.27. The standard InChI is InChI=1S/C14H20FN3S/c1-9(2)17(4)5-6-18-13-7-10(3)11(15)8-12(13)16-14(18)19/h7-9H,5-6H2,1-4H3,(H,16,19). The smallest absolute Gasteiger partial charge is 0.178 e. The van der Waals surface area contributed by atoms with E-state index < -0.39 is 0 Å². The van der Waals surface area contributed by atoms with Gasteiger partial charge in [-0.15, -0.1) is 0 Å². The lowest BCUT2D eigenvalue weighted by Gasteiger charge is -2.21. The first-order valence-electron chi connectivity index (χ1n) is 6.49. The number of nitrogens with one attached hydrogen (secondary N) is 1. The summed E-state index contributed by atoms with van der Waals surface area (Å²) in [5.74, 6) is -0.199. The number of benzene rings is 1. The van der Waals surface area contributed by atoms with Crippen LogP contribution in [0.2, 0.25) is 0 Å². The number of halogens is 1. The van der Waals surface area contributed by atoms with Crippen molar-refractivity contribution in [3.05, 3.63) is 28.3 Å². The van der Waals surface area contributed by atoms with E-state index in [1.807, 2.05) is 10.6 Å². The Balaban J connectivity index is 2.35. The number of rotatable bonds is 4. The summed E-state index contributed by atoms with van der Waals surface area (Å²) in [5.41, 5.74) is 2.38. The summed E-state index contributed by atoms with van der Waals surface area (Å²) >= 11 is 5.32. The van der Waals surface area contributed by atoms with Crippen LogP contribution in [0, 0.1) is 17.5 Å². The van der Waals surface area contributed by atoms with Gasteiger partial charge in [-0.3, -0.25) is 0 Å². The van der Waals surface area contributed by atoms with Gasteiger partial charge < -0.3 is 14.5 Å². The molecule has 1 heterocycles. The Hall–Kier alpha value is -1.20. The monoisotopic (exact) mass is 281 g/mol. The van der Waals surface area contributed by atoms with Gasteiger partial charge in [0, 0.05) is 19.1 Å². The Kier molecular flexibility index (Phi) is 4.06. The highest BCUT2D eigenvalue weighted by atomic mass is 32.1. The molecule has 104 valence electrons. The number of aromatic amines is 1. The van der Waals surface area contributed by atoms with Crippen LogP contribution in [0.5, 0.6) is 0 Å². The molecule has 1 N–H and O–H groups in total. The van der Waals surface area contributed by atoms with Crippen LogP contribution in [-0.2, 0) is 6.54 Å². The van der Waals surface area contributed by atoms with Gasteiger partial charge in [0.05, 0.1) is 11.0 Å². The Bertz CT molecular complexity index is 642. The van der Waals surface area contributed by atoms with Crippen LogP contribution >= 0.6 is 12.2 Å². The van der Waals surface area contributed by atoms with Gasteiger partial charge >= 0.3 is 0 Å². The van der Waals surface area contributed by atoms with Gasteiger partial charge in [-0.25, -0.2) is 4.39 Å². The van der Waals surface area contributed by atoms with Crippen molar-refractivity contribution >= 4 is 23.3 Å². The first-order valence-corrected chi connectivity index (χ1v) is 6.90. The summed E-state index contributed by atoms with van der Waals surface area (Å²) in [4.78, 5) is 5.33. The summed E-state index contributed by atoms with van der Waals surface area (Å²) in [6.45, 7) is 7.81. The number of aryl methyl sites for hydroxylation is 1. The van der Waals surface area contributed by atoms with E-state index in [0.717, 1.165) is 24.1 Å². The molecule has 0 spiro atoms. The van der Waals surface area contributed by atoms with Gasteiger partial charge in [-0.2, -0.15) is 0 Å². The van der Waals surface area contributed by atoms with Crippen molar-refractivity contribution in [2.75, 3.05) is 13.6 Å². The lowest BCUT2D eigenvalue weighted by atomic mass is 10.2. The maximum atomic E-state index is 13.5. The number of nitrogens with zero attached hydrogens (tertiary/aromatic N) is 2. The number of H-pyrrole nitrogens is 1. The summed E-state index contributed by atoms with van der Waals surface area (Å²) in [5, 5.41) is 0. The van der Waals surface area contributed by atoms with E-state index in [1.165, 1.54) is 6.07 Å². The van der Waals surface area contributed by atoms with E-state index in [0.29, 0.717) is 16.4 Å². The molecule has 0 fully saturated rings. The number of imidazole rings is 1.